The average molecular weight is 326 g/mol. The highest BCUT2D eigenvalue weighted by molar-refractivity contribution is 7.11. The van der Waals surface area contributed by atoms with Gasteiger partial charge in [0.25, 0.3) is 0 Å². The van der Waals surface area contributed by atoms with Crippen molar-refractivity contribution in [3.63, 3.8) is 0 Å². The van der Waals surface area contributed by atoms with Crippen molar-refractivity contribution in [2.24, 2.45) is 5.92 Å². The molecule has 7 heteroatoms. The lowest BCUT2D eigenvalue weighted by atomic mass is 10.1. The maximum atomic E-state index is 11.9. The molecule has 1 unspecified atom stereocenters. The zero-order valence-electron chi connectivity index (χ0n) is 13.2. The number of hydrogen-bond donors (Lipinski definition) is 0. The van der Waals surface area contributed by atoms with Crippen LogP contribution in [-0.2, 0) is 9.47 Å². The van der Waals surface area contributed by atoms with Gasteiger partial charge in [-0.3, -0.25) is 4.79 Å². The van der Waals surface area contributed by atoms with Crippen molar-refractivity contribution >= 4 is 23.2 Å². The van der Waals surface area contributed by atoms with Gasteiger partial charge in [0, 0.05) is 30.6 Å². The molecule has 22 heavy (non-hydrogen) atoms. The molecule has 1 aliphatic rings. The van der Waals surface area contributed by atoms with E-state index in [1.165, 1.54) is 11.3 Å². The quantitative estimate of drug-likeness (QED) is 0.778. The molecule has 0 saturated carbocycles. The molecule has 1 atom stereocenters. The van der Waals surface area contributed by atoms with Gasteiger partial charge < -0.3 is 14.4 Å². The number of likely N-dealkylation sites (tertiary alicyclic amines) is 1. The summed E-state index contributed by atoms with van der Waals surface area (Å²) in [6, 6.07) is 0. The summed E-state index contributed by atoms with van der Waals surface area (Å²) in [5.41, 5.74) is -0.480. The van der Waals surface area contributed by atoms with Crippen molar-refractivity contribution < 1.29 is 19.1 Å². The van der Waals surface area contributed by atoms with E-state index in [-0.39, 0.29) is 24.4 Å². The van der Waals surface area contributed by atoms with Crippen LogP contribution in [0.15, 0.2) is 11.6 Å². The predicted octanol–water partition coefficient (Wildman–Crippen LogP) is 2.60. The number of thiazole rings is 1. The molecule has 1 aliphatic heterocycles. The van der Waals surface area contributed by atoms with Gasteiger partial charge in [-0.15, -0.1) is 11.3 Å². The molecule has 1 aromatic rings. The third kappa shape index (κ3) is 5.06. The summed E-state index contributed by atoms with van der Waals surface area (Å²) >= 11 is 1.31. The van der Waals surface area contributed by atoms with E-state index < -0.39 is 5.60 Å². The first-order valence-electron chi connectivity index (χ1n) is 7.33. The Morgan fingerprint density at radius 2 is 2.23 bits per heavy atom. The van der Waals surface area contributed by atoms with Gasteiger partial charge in [-0.2, -0.15) is 0 Å². The van der Waals surface area contributed by atoms with Crippen LogP contribution in [-0.4, -0.2) is 53.7 Å². The molecule has 1 fully saturated rings. The molecule has 2 heterocycles. The minimum atomic E-state index is -0.480. The second-order valence-electron chi connectivity index (χ2n) is 6.36. The van der Waals surface area contributed by atoms with E-state index in [1.54, 1.807) is 16.5 Å². The van der Waals surface area contributed by atoms with Gasteiger partial charge in [0.05, 0.1) is 6.61 Å². The van der Waals surface area contributed by atoms with Crippen LogP contribution in [0.25, 0.3) is 0 Å². The van der Waals surface area contributed by atoms with Gasteiger partial charge in [-0.05, 0) is 27.2 Å². The standard InChI is InChI=1S/C15H22N2O4S/c1-15(2,3)21-14(19)17-6-4-11(8-17)9-20-10-12(18)13-16-5-7-22-13/h5,7,11H,4,6,8-10H2,1-3H3. The van der Waals surface area contributed by atoms with Crippen LogP contribution in [0, 0.1) is 5.92 Å². The summed E-state index contributed by atoms with van der Waals surface area (Å²) in [5, 5.41) is 2.24. The molecule has 1 aromatic heterocycles. The average Bonchev–Trinajstić information content (AvgIpc) is 3.08. The van der Waals surface area contributed by atoms with Crippen LogP contribution in [0.4, 0.5) is 4.79 Å². The Balaban J connectivity index is 1.68. The number of carbonyl (C=O) groups is 2. The molecular formula is C15H22N2O4S. The van der Waals surface area contributed by atoms with Gasteiger partial charge >= 0.3 is 6.09 Å². The van der Waals surface area contributed by atoms with Crippen molar-refractivity contribution in [1.29, 1.82) is 0 Å². The number of hydrogen-bond acceptors (Lipinski definition) is 6. The maximum absolute atomic E-state index is 11.9. The number of ether oxygens (including phenoxy) is 2. The fourth-order valence-corrected chi connectivity index (χ4v) is 2.76. The fraction of sp³-hybridized carbons (Fsp3) is 0.667. The second-order valence-corrected chi connectivity index (χ2v) is 7.25. The van der Waals surface area contributed by atoms with Gasteiger partial charge in [-0.25, -0.2) is 9.78 Å². The predicted molar refractivity (Wildman–Crippen MR) is 83.2 cm³/mol. The molecule has 0 radical (unpaired) electrons. The summed E-state index contributed by atoms with van der Waals surface area (Å²) in [6.45, 7) is 7.35. The van der Waals surface area contributed by atoms with E-state index in [0.717, 1.165) is 6.42 Å². The first kappa shape index (κ1) is 16.9. The van der Waals surface area contributed by atoms with E-state index in [0.29, 0.717) is 24.7 Å². The molecule has 0 spiro atoms. The number of amides is 1. The van der Waals surface area contributed by atoms with Gasteiger partial charge in [0.15, 0.2) is 5.01 Å². The largest absolute Gasteiger partial charge is 0.444 e. The van der Waals surface area contributed by atoms with E-state index in [9.17, 15) is 9.59 Å². The molecule has 0 aromatic carbocycles. The van der Waals surface area contributed by atoms with Crippen LogP contribution < -0.4 is 0 Å². The van der Waals surface area contributed by atoms with Crippen molar-refractivity contribution in [1.82, 2.24) is 9.88 Å². The van der Waals surface area contributed by atoms with Gasteiger partial charge in [0.2, 0.25) is 5.78 Å². The third-order valence-electron chi connectivity index (χ3n) is 3.20. The molecule has 0 aliphatic carbocycles. The first-order valence-corrected chi connectivity index (χ1v) is 8.21. The Kier molecular flexibility index (Phi) is 5.52. The van der Waals surface area contributed by atoms with Crippen LogP contribution in [0.3, 0.4) is 0 Å². The second kappa shape index (κ2) is 7.19. The van der Waals surface area contributed by atoms with E-state index >= 15 is 0 Å². The number of rotatable bonds is 5. The number of aromatic nitrogens is 1. The van der Waals surface area contributed by atoms with Crippen LogP contribution >= 0.6 is 11.3 Å². The topological polar surface area (TPSA) is 68.7 Å². The van der Waals surface area contributed by atoms with Crippen LogP contribution in [0.2, 0.25) is 0 Å². The monoisotopic (exact) mass is 326 g/mol. The summed E-state index contributed by atoms with van der Waals surface area (Å²) in [5.74, 6) is 0.147. The van der Waals surface area contributed by atoms with Crippen molar-refractivity contribution in [2.45, 2.75) is 32.8 Å². The number of Topliss-reactive ketones (excluding diaryl/α,β-unsaturated/α-hetero) is 1. The Morgan fingerprint density at radius 3 is 2.86 bits per heavy atom. The highest BCUT2D eigenvalue weighted by Crippen LogP contribution is 2.19. The lowest BCUT2D eigenvalue weighted by Crippen LogP contribution is -2.35. The number of ketones is 1. The Morgan fingerprint density at radius 1 is 1.45 bits per heavy atom. The van der Waals surface area contributed by atoms with E-state index in [4.69, 9.17) is 9.47 Å². The maximum Gasteiger partial charge on any atom is 0.410 e. The minimum Gasteiger partial charge on any atom is -0.444 e. The van der Waals surface area contributed by atoms with E-state index in [2.05, 4.69) is 4.98 Å². The zero-order valence-corrected chi connectivity index (χ0v) is 14.0. The number of nitrogens with zero attached hydrogens (tertiary/aromatic N) is 2. The Labute approximate surface area is 134 Å². The summed E-state index contributed by atoms with van der Waals surface area (Å²) in [4.78, 5) is 29.3. The van der Waals surface area contributed by atoms with Crippen LogP contribution in [0.5, 0.6) is 0 Å². The van der Waals surface area contributed by atoms with Gasteiger partial charge in [-0.1, -0.05) is 0 Å². The lowest BCUT2D eigenvalue weighted by Gasteiger charge is -2.24. The Hall–Kier alpha value is -1.47. The van der Waals surface area contributed by atoms with Crippen molar-refractivity contribution in [2.75, 3.05) is 26.3 Å². The molecule has 1 amide bonds. The molecule has 0 N–H and O–H groups in total. The molecule has 2 rings (SSSR count). The van der Waals surface area contributed by atoms with Crippen molar-refractivity contribution in [3.8, 4) is 0 Å². The normalized spacial score (nSPS) is 18.5. The van der Waals surface area contributed by atoms with E-state index in [1.807, 2.05) is 20.8 Å². The van der Waals surface area contributed by atoms with Gasteiger partial charge in [0.1, 0.15) is 12.2 Å². The molecule has 0 bridgehead atoms. The fourth-order valence-electron chi connectivity index (χ4n) is 2.20. The SMILES string of the molecule is CC(C)(C)OC(=O)N1CCC(COCC(=O)c2nccs2)C1. The highest BCUT2D eigenvalue weighted by atomic mass is 32.1. The molecule has 122 valence electrons. The first-order chi connectivity index (χ1) is 10.3. The summed E-state index contributed by atoms with van der Waals surface area (Å²) in [6.07, 6.45) is 2.19. The smallest absolute Gasteiger partial charge is 0.410 e. The molecular weight excluding hydrogens is 304 g/mol. The third-order valence-corrected chi connectivity index (χ3v) is 4.01. The summed E-state index contributed by atoms with van der Waals surface area (Å²) in [7, 11) is 0. The van der Waals surface area contributed by atoms with Crippen molar-refractivity contribution in [3.05, 3.63) is 16.6 Å². The molecule has 1 saturated heterocycles. The summed E-state index contributed by atoms with van der Waals surface area (Å²) < 4.78 is 10.8. The van der Waals surface area contributed by atoms with Crippen LogP contribution in [0.1, 0.15) is 37.0 Å². The lowest BCUT2D eigenvalue weighted by molar-refractivity contribution is 0.0273. The highest BCUT2D eigenvalue weighted by Gasteiger charge is 2.29. The minimum absolute atomic E-state index is 0.0381. The zero-order chi connectivity index (χ0) is 16.2. The number of carbonyl (C=O) groups excluding carboxylic acids is 2. The molecule has 6 nitrogen and oxygen atoms in total. The Bertz CT molecular complexity index is 510.